The van der Waals surface area contributed by atoms with Crippen LogP contribution in [0.1, 0.15) is 84.0 Å². The molecular formula is C21H32FNO2. The lowest BCUT2D eigenvalue weighted by Crippen LogP contribution is -2.30. The SMILES string of the molecule is CCC[C@H]1CC[C@H](OC(=O)[C@H]2CC[C@H](CCC=C(F)C#N)CC2)CC1. The highest BCUT2D eigenvalue weighted by molar-refractivity contribution is 5.72. The lowest BCUT2D eigenvalue weighted by molar-refractivity contribution is -0.157. The standard InChI is InChI=1S/C21H32FNO2/c1-2-4-16-9-13-20(14-10-16)25-21(24)18-11-7-17(8-12-18)5-3-6-19(22)15-23/h6,16-18,20H,2-5,7-14H2,1H3/t16-,17-,18-,20-. The average Bonchev–Trinajstić information content (AvgIpc) is 2.64. The molecule has 3 nitrogen and oxygen atoms in total. The van der Waals surface area contributed by atoms with Crippen molar-refractivity contribution in [2.45, 2.75) is 90.1 Å². The van der Waals surface area contributed by atoms with Gasteiger partial charge in [-0.1, -0.05) is 19.8 Å². The van der Waals surface area contributed by atoms with E-state index in [-0.39, 0.29) is 18.0 Å². The molecule has 0 aliphatic heterocycles. The highest BCUT2D eigenvalue weighted by Gasteiger charge is 2.30. The zero-order valence-corrected chi connectivity index (χ0v) is 15.5. The van der Waals surface area contributed by atoms with E-state index in [0.29, 0.717) is 12.3 Å². The summed E-state index contributed by atoms with van der Waals surface area (Å²) >= 11 is 0. The number of hydrogen-bond acceptors (Lipinski definition) is 3. The Kier molecular flexibility index (Phi) is 8.44. The van der Waals surface area contributed by atoms with Crippen LogP contribution in [0.2, 0.25) is 0 Å². The van der Waals surface area contributed by atoms with Gasteiger partial charge >= 0.3 is 5.97 Å². The molecule has 2 fully saturated rings. The zero-order valence-electron chi connectivity index (χ0n) is 15.5. The summed E-state index contributed by atoms with van der Waals surface area (Å²) in [5.41, 5.74) is 0. The number of nitrogens with zero attached hydrogens (tertiary/aromatic N) is 1. The van der Waals surface area contributed by atoms with Crippen LogP contribution < -0.4 is 0 Å². The topological polar surface area (TPSA) is 50.1 Å². The van der Waals surface area contributed by atoms with Gasteiger partial charge in [-0.3, -0.25) is 4.79 Å². The molecule has 0 aromatic rings. The van der Waals surface area contributed by atoms with Crippen LogP contribution in [0.25, 0.3) is 0 Å². The van der Waals surface area contributed by atoms with Crippen LogP contribution in [0.3, 0.4) is 0 Å². The first-order valence-electron chi connectivity index (χ1n) is 10.1. The van der Waals surface area contributed by atoms with Gasteiger partial charge in [-0.25, -0.2) is 0 Å². The van der Waals surface area contributed by atoms with E-state index >= 15 is 0 Å². The van der Waals surface area contributed by atoms with Gasteiger partial charge in [0.25, 0.3) is 0 Å². The van der Waals surface area contributed by atoms with Gasteiger partial charge in [0.05, 0.1) is 5.92 Å². The summed E-state index contributed by atoms with van der Waals surface area (Å²) in [6.07, 6.45) is 13.8. The summed E-state index contributed by atoms with van der Waals surface area (Å²) in [6, 6.07) is 1.51. The van der Waals surface area contributed by atoms with Crippen molar-refractivity contribution in [1.29, 1.82) is 5.26 Å². The first kappa shape index (κ1) is 19.9. The number of rotatable bonds is 7. The minimum absolute atomic E-state index is 0.00723. The molecule has 0 aromatic carbocycles. The van der Waals surface area contributed by atoms with Crippen molar-refractivity contribution in [1.82, 2.24) is 0 Å². The molecule has 0 heterocycles. The number of carbonyl (C=O) groups is 1. The molecule has 0 aromatic heterocycles. The first-order valence-corrected chi connectivity index (χ1v) is 10.1. The van der Waals surface area contributed by atoms with E-state index in [1.807, 2.05) is 0 Å². The second-order valence-corrected chi connectivity index (χ2v) is 7.83. The summed E-state index contributed by atoms with van der Waals surface area (Å²) < 4.78 is 18.6. The quantitative estimate of drug-likeness (QED) is 0.428. The van der Waals surface area contributed by atoms with Crippen LogP contribution in [0, 0.1) is 29.1 Å². The molecule has 0 radical (unpaired) electrons. The Morgan fingerprint density at radius 2 is 1.68 bits per heavy atom. The molecule has 0 unspecified atom stereocenters. The van der Waals surface area contributed by atoms with Crippen molar-refractivity contribution in [3.8, 4) is 6.07 Å². The van der Waals surface area contributed by atoms with Crippen molar-refractivity contribution in [3.63, 3.8) is 0 Å². The molecular weight excluding hydrogens is 317 g/mol. The molecule has 0 amide bonds. The number of halogens is 1. The number of hydrogen-bond donors (Lipinski definition) is 0. The molecule has 140 valence electrons. The fourth-order valence-electron chi connectivity index (χ4n) is 4.39. The van der Waals surface area contributed by atoms with E-state index in [1.54, 1.807) is 0 Å². The molecule has 4 heteroatoms. The van der Waals surface area contributed by atoms with Crippen LogP contribution in [-0.4, -0.2) is 12.1 Å². The van der Waals surface area contributed by atoms with Gasteiger partial charge in [-0.2, -0.15) is 9.65 Å². The van der Waals surface area contributed by atoms with Crippen molar-refractivity contribution in [2.75, 3.05) is 0 Å². The third-order valence-corrected chi connectivity index (χ3v) is 5.96. The van der Waals surface area contributed by atoms with Gasteiger partial charge < -0.3 is 4.74 Å². The minimum Gasteiger partial charge on any atom is -0.462 e. The smallest absolute Gasteiger partial charge is 0.309 e. The fraction of sp³-hybridized carbons (Fsp3) is 0.810. The predicted octanol–water partition coefficient (Wildman–Crippen LogP) is 5.85. The molecule has 2 aliphatic carbocycles. The van der Waals surface area contributed by atoms with Gasteiger partial charge in [0.1, 0.15) is 12.2 Å². The number of allylic oxidation sites excluding steroid dienone is 2. The Balaban J connectivity index is 1.64. The summed E-state index contributed by atoms with van der Waals surface area (Å²) in [4.78, 5) is 12.4. The lowest BCUT2D eigenvalue weighted by atomic mass is 9.80. The Bertz CT molecular complexity index is 481. The monoisotopic (exact) mass is 349 g/mol. The number of nitriles is 1. The van der Waals surface area contributed by atoms with Crippen LogP contribution >= 0.6 is 0 Å². The van der Waals surface area contributed by atoms with Crippen molar-refractivity contribution < 1.29 is 13.9 Å². The summed E-state index contributed by atoms with van der Waals surface area (Å²) in [5.74, 6) is 0.737. The molecule has 2 saturated carbocycles. The molecule has 0 spiro atoms. The van der Waals surface area contributed by atoms with E-state index in [2.05, 4.69) is 6.92 Å². The lowest BCUT2D eigenvalue weighted by Gasteiger charge is -2.31. The molecule has 0 atom stereocenters. The van der Waals surface area contributed by atoms with E-state index < -0.39 is 5.83 Å². The Hall–Kier alpha value is -1.37. The molecule has 0 saturated heterocycles. The number of esters is 1. The normalized spacial score (nSPS) is 30.5. The molecule has 2 rings (SSSR count). The summed E-state index contributed by atoms with van der Waals surface area (Å²) in [6.45, 7) is 2.23. The van der Waals surface area contributed by atoms with Crippen molar-refractivity contribution >= 4 is 5.97 Å². The summed E-state index contributed by atoms with van der Waals surface area (Å²) in [5, 5.41) is 8.40. The molecule has 0 N–H and O–H groups in total. The van der Waals surface area contributed by atoms with Crippen molar-refractivity contribution in [3.05, 3.63) is 11.9 Å². The highest BCUT2D eigenvalue weighted by Crippen LogP contribution is 2.34. The maximum atomic E-state index is 12.8. The average molecular weight is 349 g/mol. The van der Waals surface area contributed by atoms with Gasteiger partial charge in [0.15, 0.2) is 5.83 Å². The van der Waals surface area contributed by atoms with E-state index in [0.717, 1.165) is 50.9 Å². The van der Waals surface area contributed by atoms with Gasteiger partial charge in [-0.15, -0.1) is 0 Å². The highest BCUT2D eigenvalue weighted by atomic mass is 19.1. The fourth-order valence-corrected chi connectivity index (χ4v) is 4.39. The largest absolute Gasteiger partial charge is 0.462 e. The maximum absolute atomic E-state index is 12.8. The third kappa shape index (κ3) is 6.80. The number of carbonyl (C=O) groups excluding carboxylic acids is 1. The summed E-state index contributed by atoms with van der Waals surface area (Å²) in [7, 11) is 0. The van der Waals surface area contributed by atoms with Crippen LogP contribution in [0.4, 0.5) is 4.39 Å². The van der Waals surface area contributed by atoms with Crippen LogP contribution in [0.5, 0.6) is 0 Å². The van der Waals surface area contributed by atoms with Gasteiger partial charge in [0, 0.05) is 0 Å². The minimum atomic E-state index is -0.689. The Labute approximate surface area is 151 Å². The van der Waals surface area contributed by atoms with Crippen LogP contribution in [-0.2, 0) is 9.53 Å². The van der Waals surface area contributed by atoms with Crippen molar-refractivity contribution in [2.24, 2.45) is 17.8 Å². The van der Waals surface area contributed by atoms with Gasteiger partial charge in [-0.05, 0) is 82.1 Å². The van der Waals surface area contributed by atoms with E-state index in [1.165, 1.54) is 37.8 Å². The molecule has 0 bridgehead atoms. The van der Waals surface area contributed by atoms with E-state index in [9.17, 15) is 9.18 Å². The van der Waals surface area contributed by atoms with Gasteiger partial charge in [0.2, 0.25) is 0 Å². The Morgan fingerprint density at radius 1 is 1.08 bits per heavy atom. The first-order chi connectivity index (χ1) is 12.1. The Morgan fingerprint density at radius 3 is 2.28 bits per heavy atom. The van der Waals surface area contributed by atoms with Crippen LogP contribution in [0.15, 0.2) is 11.9 Å². The predicted molar refractivity (Wildman–Crippen MR) is 96.2 cm³/mol. The second kappa shape index (κ2) is 10.6. The second-order valence-electron chi connectivity index (χ2n) is 7.83. The van der Waals surface area contributed by atoms with E-state index in [4.69, 9.17) is 10.00 Å². The molecule has 25 heavy (non-hydrogen) atoms. The molecule has 2 aliphatic rings. The maximum Gasteiger partial charge on any atom is 0.309 e. The third-order valence-electron chi connectivity index (χ3n) is 5.96. The number of ether oxygens (including phenoxy) is 1. The zero-order chi connectivity index (χ0) is 18.1.